The molecular weight excluding hydrogens is 180 g/mol. The summed E-state index contributed by atoms with van der Waals surface area (Å²) in [6.07, 6.45) is 1.80. The van der Waals surface area contributed by atoms with Crippen molar-refractivity contribution in [2.45, 2.75) is 6.92 Å². The van der Waals surface area contributed by atoms with Gasteiger partial charge in [-0.25, -0.2) is 4.98 Å². The van der Waals surface area contributed by atoms with Gasteiger partial charge in [0.05, 0.1) is 0 Å². The van der Waals surface area contributed by atoms with Crippen LogP contribution in [0.4, 0.5) is 10.8 Å². The number of nitrogens with one attached hydrogen (secondary N) is 1. The number of hydrogen-bond acceptors (Lipinski definition) is 3. The number of aromatic nitrogens is 1. The normalized spacial score (nSPS) is 9.92. The second-order valence-corrected chi connectivity index (χ2v) is 3.67. The third-order valence-electron chi connectivity index (χ3n) is 1.82. The van der Waals surface area contributed by atoms with Crippen LogP contribution < -0.4 is 5.32 Å². The van der Waals surface area contributed by atoms with Crippen LogP contribution in [-0.2, 0) is 0 Å². The Morgan fingerprint density at radius 2 is 2.15 bits per heavy atom. The first-order valence-electron chi connectivity index (χ1n) is 4.08. The summed E-state index contributed by atoms with van der Waals surface area (Å²) in [6.45, 7) is 2.08. The van der Waals surface area contributed by atoms with Crippen molar-refractivity contribution in [2.24, 2.45) is 0 Å². The molecule has 0 saturated carbocycles. The number of para-hydroxylation sites is 1. The van der Waals surface area contributed by atoms with Gasteiger partial charge in [0, 0.05) is 17.3 Å². The summed E-state index contributed by atoms with van der Waals surface area (Å²) in [4.78, 5) is 4.16. The van der Waals surface area contributed by atoms with Crippen molar-refractivity contribution in [3.8, 4) is 0 Å². The predicted molar refractivity (Wildman–Crippen MR) is 56.6 cm³/mol. The summed E-state index contributed by atoms with van der Waals surface area (Å²) in [7, 11) is 0. The third-order valence-corrected chi connectivity index (χ3v) is 2.51. The van der Waals surface area contributed by atoms with Crippen LogP contribution in [0, 0.1) is 6.92 Å². The van der Waals surface area contributed by atoms with E-state index in [0.717, 1.165) is 10.8 Å². The molecule has 2 nitrogen and oxygen atoms in total. The van der Waals surface area contributed by atoms with E-state index in [1.807, 2.05) is 17.5 Å². The maximum atomic E-state index is 4.16. The van der Waals surface area contributed by atoms with E-state index in [1.54, 1.807) is 17.5 Å². The fourth-order valence-electron chi connectivity index (χ4n) is 1.11. The zero-order chi connectivity index (χ0) is 9.10. The van der Waals surface area contributed by atoms with Gasteiger partial charge in [0.15, 0.2) is 5.13 Å². The van der Waals surface area contributed by atoms with E-state index < -0.39 is 0 Å². The maximum Gasteiger partial charge on any atom is 0.187 e. The molecule has 0 bridgehead atoms. The molecule has 1 N–H and O–H groups in total. The number of nitrogens with zero attached hydrogens (tertiary/aromatic N) is 1. The smallest absolute Gasteiger partial charge is 0.187 e. The fraction of sp³-hybridized carbons (Fsp3) is 0.100. The minimum atomic E-state index is 0.939. The van der Waals surface area contributed by atoms with Crippen molar-refractivity contribution in [1.82, 2.24) is 4.98 Å². The standard InChI is InChI=1S/C10H10N2S/c1-8-4-2-3-5-9(8)12-10-11-6-7-13-10/h2-7H,1H3,(H,11,12). The molecule has 0 saturated heterocycles. The number of thiazole rings is 1. The summed E-state index contributed by atoms with van der Waals surface area (Å²) in [5, 5.41) is 6.16. The van der Waals surface area contributed by atoms with Gasteiger partial charge in [0.1, 0.15) is 0 Å². The molecule has 2 aromatic rings. The van der Waals surface area contributed by atoms with Crippen molar-refractivity contribution in [3.63, 3.8) is 0 Å². The van der Waals surface area contributed by atoms with E-state index in [1.165, 1.54) is 5.56 Å². The van der Waals surface area contributed by atoms with Crippen molar-refractivity contribution in [1.29, 1.82) is 0 Å². The van der Waals surface area contributed by atoms with E-state index in [2.05, 4.69) is 29.4 Å². The summed E-state index contributed by atoms with van der Waals surface area (Å²) < 4.78 is 0. The highest BCUT2D eigenvalue weighted by molar-refractivity contribution is 7.13. The van der Waals surface area contributed by atoms with Crippen LogP contribution in [0.25, 0.3) is 0 Å². The minimum Gasteiger partial charge on any atom is -0.331 e. The molecule has 0 unspecified atom stereocenters. The molecule has 0 aliphatic carbocycles. The van der Waals surface area contributed by atoms with Crippen molar-refractivity contribution < 1.29 is 0 Å². The number of benzene rings is 1. The van der Waals surface area contributed by atoms with Gasteiger partial charge < -0.3 is 5.32 Å². The van der Waals surface area contributed by atoms with Crippen LogP contribution in [0.15, 0.2) is 35.8 Å². The maximum absolute atomic E-state index is 4.16. The number of aryl methyl sites for hydroxylation is 1. The monoisotopic (exact) mass is 190 g/mol. The molecule has 0 fully saturated rings. The fourth-order valence-corrected chi connectivity index (χ4v) is 1.65. The molecule has 0 radical (unpaired) electrons. The van der Waals surface area contributed by atoms with Gasteiger partial charge in [0.2, 0.25) is 0 Å². The molecule has 0 aliphatic heterocycles. The summed E-state index contributed by atoms with van der Waals surface area (Å²) in [5.41, 5.74) is 2.36. The number of hydrogen-bond donors (Lipinski definition) is 1. The van der Waals surface area contributed by atoms with Gasteiger partial charge in [-0.15, -0.1) is 11.3 Å². The molecule has 1 aromatic heterocycles. The second kappa shape index (κ2) is 3.58. The molecular formula is C10H10N2S. The van der Waals surface area contributed by atoms with Gasteiger partial charge in [-0.05, 0) is 18.6 Å². The lowest BCUT2D eigenvalue weighted by atomic mass is 10.2. The van der Waals surface area contributed by atoms with Crippen LogP contribution in [-0.4, -0.2) is 4.98 Å². The van der Waals surface area contributed by atoms with Crippen LogP contribution in [0.2, 0.25) is 0 Å². The molecule has 1 aromatic carbocycles. The van der Waals surface area contributed by atoms with E-state index in [-0.39, 0.29) is 0 Å². The van der Waals surface area contributed by atoms with E-state index >= 15 is 0 Å². The first-order chi connectivity index (χ1) is 6.36. The highest BCUT2D eigenvalue weighted by Crippen LogP contribution is 2.20. The third kappa shape index (κ3) is 1.87. The molecule has 0 spiro atoms. The van der Waals surface area contributed by atoms with Crippen LogP contribution in [0.1, 0.15) is 5.56 Å². The molecule has 1 heterocycles. The van der Waals surface area contributed by atoms with Gasteiger partial charge >= 0.3 is 0 Å². The average molecular weight is 190 g/mol. The Labute approximate surface area is 81.3 Å². The Morgan fingerprint density at radius 1 is 1.31 bits per heavy atom. The summed E-state index contributed by atoms with van der Waals surface area (Å²) in [5.74, 6) is 0. The minimum absolute atomic E-state index is 0.939. The SMILES string of the molecule is Cc1ccccc1Nc1nccs1. The van der Waals surface area contributed by atoms with Gasteiger partial charge in [-0.1, -0.05) is 18.2 Å². The van der Waals surface area contributed by atoms with Crippen LogP contribution >= 0.6 is 11.3 Å². The Balaban J connectivity index is 2.24. The molecule has 0 aliphatic rings. The molecule has 0 amide bonds. The molecule has 3 heteroatoms. The molecule has 0 atom stereocenters. The Kier molecular flexibility index (Phi) is 2.27. The van der Waals surface area contributed by atoms with E-state index in [0.29, 0.717) is 0 Å². The van der Waals surface area contributed by atoms with Gasteiger partial charge in [-0.3, -0.25) is 0 Å². The first kappa shape index (κ1) is 8.26. The highest BCUT2D eigenvalue weighted by atomic mass is 32.1. The predicted octanol–water partition coefficient (Wildman–Crippen LogP) is 3.20. The zero-order valence-electron chi connectivity index (χ0n) is 7.32. The van der Waals surface area contributed by atoms with Gasteiger partial charge in [-0.2, -0.15) is 0 Å². The zero-order valence-corrected chi connectivity index (χ0v) is 8.14. The quantitative estimate of drug-likeness (QED) is 0.786. The summed E-state index contributed by atoms with van der Waals surface area (Å²) in [6, 6.07) is 8.18. The lowest BCUT2D eigenvalue weighted by Crippen LogP contribution is -1.90. The largest absolute Gasteiger partial charge is 0.331 e. The second-order valence-electron chi connectivity index (χ2n) is 2.78. The van der Waals surface area contributed by atoms with Gasteiger partial charge in [0.25, 0.3) is 0 Å². The molecule has 2 rings (SSSR count). The Bertz CT molecular complexity index is 382. The number of anilines is 2. The topological polar surface area (TPSA) is 24.9 Å². The first-order valence-corrected chi connectivity index (χ1v) is 4.96. The summed E-state index contributed by atoms with van der Waals surface area (Å²) >= 11 is 1.60. The molecule has 66 valence electrons. The Morgan fingerprint density at radius 3 is 2.85 bits per heavy atom. The lowest BCUT2D eigenvalue weighted by molar-refractivity contribution is 1.37. The Hall–Kier alpha value is -1.35. The number of rotatable bonds is 2. The van der Waals surface area contributed by atoms with Crippen molar-refractivity contribution in [3.05, 3.63) is 41.4 Å². The van der Waals surface area contributed by atoms with E-state index in [4.69, 9.17) is 0 Å². The lowest BCUT2D eigenvalue weighted by Gasteiger charge is -2.04. The van der Waals surface area contributed by atoms with Crippen molar-refractivity contribution >= 4 is 22.2 Å². The highest BCUT2D eigenvalue weighted by Gasteiger charge is 1.98. The average Bonchev–Trinajstić information content (AvgIpc) is 2.61. The van der Waals surface area contributed by atoms with E-state index in [9.17, 15) is 0 Å². The van der Waals surface area contributed by atoms with Crippen molar-refractivity contribution in [2.75, 3.05) is 5.32 Å². The van der Waals surface area contributed by atoms with Crippen LogP contribution in [0.5, 0.6) is 0 Å². The van der Waals surface area contributed by atoms with Crippen LogP contribution in [0.3, 0.4) is 0 Å². The molecule has 13 heavy (non-hydrogen) atoms.